The molecule has 1 N–H and O–H groups in total. The summed E-state index contributed by atoms with van der Waals surface area (Å²) in [4.78, 5) is 15.0. The Bertz CT molecular complexity index is 694. The van der Waals surface area contributed by atoms with Crippen LogP contribution in [-0.2, 0) is 22.4 Å². The molecule has 1 amide bonds. The summed E-state index contributed by atoms with van der Waals surface area (Å²) < 4.78 is 5.44. The Morgan fingerprint density at radius 2 is 1.70 bits per heavy atom. The third-order valence-electron chi connectivity index (χ3n) is 5.15. The average Bonchev–Trinajstić information content (AvgIpc) is 2.73. The van der Waals surface area contributed by atoms with Crippen molar-refractivity contribution in [1.29, 1.82) is 0 Å². The van der Waals surface area contributed by atoms with E-state index in [0.717, 1.165) is 51.3 Å². The molecule has 0 aromatic heterocycles. The third kappa shape index (κ3) is 6.19. The van der Waals surface area contributed by atoms with Gasteiger partial charge in [-0.05, 0) is 29.5 Å². The van der Waals surface area contributed by atoms with Crippen LogP contribution in [0.1, 0.15) is 36.1 Å². The number of nitrogens with zero attached hydrogens (tertiary/aromatic N) is 1. The van der Waals surface area contributed by atoms with Gasteiger partial charge in [0, 0.05) is 26.1 Å². The maximum absolute atomic E-state index is 12.6. The van der Waals surface area contributed by atoms with Gasteiger partial charge in [-0.25, -0.2) is 0 Å². The summed E-state index contributed by atoms with van der Waals surface area (Å²) in [6, 6.07) is 18.8. The summed E-state index contributed by atoms with van der Waals surface area (Å²) in [6.07, 6.45) is 2.33. The zero-order valence-corrected chi connectivity index (χ0v) is 16.2. The number of carbonyl (C=O) groups is 1. The molecule has 1 saturated heterocycles. The molecule has 3 rings (SSSR count). The number of carbonyl (C=O) groups excluding carboxylic acids is 1. The predicted octanol–water partition coefficient (Wildman–Crippen LogP) is 3.37. The van der Waals surface area contributed by atoms with Gasteiger partial charge in [0.25, 0.3) is 0 Å². The van der Waals surface area contributed by atoms with E-state index < -0.39 is 0 Å². The quantitative estimate of drug-likeness (QED) is 0.779. The predicted molar refractivity (Wildman–Crippen MR) is 109 cm³/mol. The number of benzene rings is 2. The molecule has 2 aromatic rings. The monoisotopic (exact) mass is 366 g/mol. The minimum absolute atomic E-state index is 0.0132. The molecule has 1 aliphatic heterocycles. The van der Waals surface area contributed by atoms with Crippen LogP contribution in [-0.4, -0.2) is 43.7 Å². The number of hydrogen-bond donors (Lipinski definition) is 1. The minimum Gasteiger partial charge on any atom is -0.379 e. The number of amides is 1. The molecular formula is C23H30N2O2. The minimum atomic E-state index is 0.0132. The first-order valence-electron chi connectivity index (χ1n) is 9.97. The van der Waals surface area contributed by atoms with Crippen LogP contribution in [0.3, 0.4) is 0 Å². The molecular weight excluding hydrogens is 336 g/mol. The molecule has 0 saturated carbocycles. The smallest absolute Gasteiger partial charge is 0.220 e. The van der Waals surface area contributed by atoms with Crippen LogP contribution in [0.15, 0.2) is 54.6 Å². The Kier molecular flexibility index (Phi) is 7.43. The van der Waals surface area contributed by atoms with Crippen molar-refractivity contribution >= 4 is 5.91 Å². The molecule has 1 atom stereocenters. The molecule has 0 bridgehead atoms. The summed E-state index contributed by atoms with van der Waals surface area (Å²) in [5.74, 6) is 0.108. The highest BCUT2D eigenvalue weighted by Crippen LogP contribution is 2.16. The Hall–Kier alpha value is -2.17. The lowest BCUT2D eigenvalue weighted by molar-refractivity contribution is -0.122. The number of nitrogens with one attached hydrogen (secondary N) is 1. The van der Waals surface area contributed by atoms with E-state index in [1.54, 1.807) is 0 Å². The van der Waals surface area contributed by atoms with Crippen LogP contribution >= 0.6 is 0 Å². The molecule has 2 aromatic carbocycles. The fourth-order valence-corrected chi connectivity index (χ4v) is 3.43. The lowest BCUT2D eigenvalue weighted by Crippen LogP contribution is -2.43. The first-order valence-corrected chi connectivity index (χ1v) is 9.97. The Labute approximate surface area is 162 Å². The molecule has 1 heterocycles. The van der Waals surface area contributed by atoms with Gasteiger partial charge < -0.3 is 10.1 Å². The van der Waals surface area contributed by atoms with Gasteiger partial charge in [0.2, 0.25) is 5.91 Å². The molecule has 0 radical (unpaired) electrons. The second-order valence-corrected chi connectivity index (χ2v) is 7.11. The van der Waals surface area contributed by atoms with Crippen molar-refractivity contribution in [3.05, 3.63) is 71.3 Å². The Morgan fingerprint density at radius 3 is 2.37 bits per heavy atom. The van der Waals surface area contributed by atoms with Crippen molar-refractivity contribution < 1.29 is 9.53 Å². The molecule has 1 aliphatic rings. The first kappa shape index (κ1) is 19.6. The second-order valence-electron chi connectivity index (χ2n) is 7.11. The van der Waals surface area contributed by atoms with E-state index in [4.69, 9.17) is 4.74 Å². The fourth-order valence-electron chi connectivity index (χ4n) is 3.43. The molecule has 1 unspecified atom stereocenters. The van der Waals surface area contributed by atoms with E-state index in [1.807, 2.05) is 18.2 Å². The van der Waals surface area contributed by atoms with Gasteiger partial charge in [-0.2, -0.15) is 0 Å². The SMILES string of the molecule is CCc1ccc(CCC(=O)NC(CN2CCOCC2)c2ccccc2)cc1. The maximum atomic E-state index is 12.6. The van der Waals surface area contributed by atoms with E-state index in [0.29, 0.717) is 6.42 Å². The zero-order chi connectivity index (χ0) is 18.9. The number of rotatable bonds is 8. The molecule has 1 fully saturated rings. The summed E-state index contributed by atoms with van der Waals surface area (Å²) in [7, 11) is 0. The van der Waals surface area contributed by atoms with Gasteiger partial charge in [-0.1, -0.05) is 61.5 Å². The zero-order valence-electron chi connectivity index (χ0n) is 16.2. The summed E-state index contributed by atoms with van der Waals surface area (Å²) >= 11 is 0. The fraction of sp³-hybridized carbons (Fsp3) is 0.435. The third-order valence-corrected chi connectivity index (χ3v) is 5.15. The van der Waals surface area contributed by atoms with Crippen LogP contribution in [0.2, 0.25) is 0 Å². The van der Waals surface area contributed by atoms with Crippen molar-refractivity contribution in [3.63, 3.8) is 0 Å². The highest BCUT2D eigenvalue weighted by atomic mass is 16.5. The first-order chi connectivity index (χ1) is 13.2. The van der Waals surface area contributed by atoms with Gasteiger partial charge >= 0.3 is 0 Å². The van der Waals surface area contributed by atoms with Crippen molar-refractivity contribution in [2.24, 2.45) is 0 Å². The lowest BCUT2D eigenvalue weighted by Gasteiger charge is -2.31. The highest BCUT2D eigenvalue weighted by molar-refractivity contribution is 5.76. The van der Waals surface area contributed by atoms with E-state index in [2.05, 4.69) is 53.5 Å². The highest BCUT2D eigenvalue weighted by Gasteiger charge is 2.20. The van der Waals surface area contributed by atoms with E-state index in [9.17, 15) is 4.79 Å². The van der Waals surface area contributed by atoms with Gasteiger partial charge in [0.15, 0.2) is 0 Å². The molecule has 0 aliphatic carbocycles. The Balaban J connectivity index is 1.57. The van der Waals surface area contributed by atoms with E-state index in [1.165, 1.54) is 11.1 Å². The van der Waals surface area contributed by atoms with Crippen molar-refractivity contribution in [2.45, 2.75) is 32.2 Å². The van der Waals surface area contributed by atoms with Crippen molar-refractivity contribution in [1.82, 2.24) is 10.2 Å². The average molecular weight is 367 g/mol. The number of aryl methyl sites for hydroxylation is 2. The van der Waals surface area contributed by atoms with Gasteiger partial charge in [-0.15, -0.1) is 0 Å². The molecule has 0 spiro atoms. The van der Waals surface area contributed by atoms with Gasteiger partial charge in [0.1, 0.15) is 0 Å². The maximum Gasteiger partial charge on any atom is 0.220 e. The number of hydrogen-bond acceptors (Lipinski definition) is 3. The number of morpholine rings is 1. The molecule has 4 nitrogen and oxygen atoms in total. The summed E-state index contributed by atoms with van der Waals surface area (Å²) in [5, 5.41) is 3.25. The van der Waals surface area contributed by atoms with Crippen molar-refractivity contribution in [3.8, 4) is 0 Å². The summed E-state index contributed by atoms with van der Waals surface area (Å²) in [6.45, 7) is 6.35. The van der Waals surface area contributed by atoms with E-state index in [-0.39, 0.29) is 11.9 Å². The molecule has 144 valence electrons. The second kappa shape index (κ2) is 10.2. The summed E-state index contributed by atoms with van der Waals surface area (Å²) in [5.41, 5.74) is 3.70. The van der Waals surface area contributed by atoms with Crippen LogP contribution in [0, 0.1) is 0 Å². The largest absolute Gasteiger partial charge is 0.379 e. The van der Waals surface area contributed by atoms with Crippen LogP contribution in [0.4, 0.5) is 0 Å². The van der Waals surface area contributed by atoms with Crippen LogP contribution < -0.4 is 5.32 Å². The molecule has 27 heavy (non-hydrogen) atoms. The van der Waals surface area contributed by atoms with Gasteiger partial charge in [0.05, 0.1) is 19.3 Å². The van der Waals surface area contributed by atoms with Gasteiger partial charge in [-0.3, -0.25) is 9.69 Å². The Morgan fingerprint density at radius 1 is 1.04 bits per heavy atom. The lowest BCUT2D eigenvalue weighted by atomic mass is 10.0. The normalized spacial score (nSPS) is 16.0. The van der Waals surface area contributed by atoms with Crippen LogP contribution in [0.5, 0.6) is 0 Å². The van der Waals surface area contributed by atoms with Crippen molar-refractivity contribution in [2.75, 3.05) is 32.8 Å². The molecule has 4 heteroatoms. The topological polar surface area (TPSA) is 41.6 Å². The standard InChI is InChI=1S/C23H30N2O2/c1-2-19-8-10-20(11-9-19)12-13-23(26)24-22(21-6-4-3-5-7-21)18-25-14-16-27-17-15-25/h3-11,22H,2,12-18H2,1H3,(H,24,26). The van der Waals surface area contributed by atoms with E-state index >= 15 is 0 Å². The van der Waals surface area contributed by atoms with Crippen LogP contribution in [0.25, 0.3) is 0 Å². The number of ether oxygens (including phenoxy) is 1.